The molecule has 0 unspecified atom stereocenters. The number of pyridine rings is 1. The van der Waals surface area contributed by atoms with Crippen molar-refractivity contribution in [2.24, 2.45) is 0 Å². The van der Waals surface area contributed by atoms with E-state index in [-0.39, 0.29) is 0 Å². The second-order valence-corrected chi connectivity index (χ2v) is 5.55. The fourth-order valence-corrected chi connectivity index (χ4v) is 2.69. The van der Waals surface area contributed by atoms with Crippen LogP contribution in [0.25, 0.3) is 10.9 Å². The zero-order chi connectivity index (χ0) is 13.4. The van der Waals surface area contributed by atoms with Crippen molar-refractivity contribution in [1.29, 1.82) is 0 Å². The standard InChI is InChI=1S/C15H19BrN2/c1-6-17-15-9(3)11(5)18-12-7-8(2)14(16)10(4)13(12)15/h7H,6H2,1-5H3,(H,17,18). The third kappa shape index (κ3) is 2.01. The average Bonchev–Trinajstić information content (AvgIpc) is 2.32. The molecule has 0 atom stereocenters. The second-order valence-electron chi connectivity index (χ2n) is 4.75. The van der Waals surface area contributed by atoms with E-state index in [1.54, 1.807) is 0 Å². The van der Waals surface area contributed by atoms with E-state index in [0.29, 0.717) is 0 Å². The number of hydrogen-bond donors (Lipinski definition) is 1. The topological polar surface area (TPSA) is 24.9 Å². The maximum atomic E-state index is 4.72. The highest BCUT2D eigenvalue weighted by atomic mass is 79.9. The van der Waals surface area contributed by atoms with Gasteiger partial charge in [-0.25, -0.2) is 0 Å². The van der Waals surface area contributed by atoms with Crippen molar-refractivity contribution >= 4 is 32.5 Å². The van der Waals surface area contributed by atoms with Gasteiger partial charge in [0.15, 0.2) is 0 Å². The minimum absolute atomic E-state index is 0.921. The van der Waals surface area contributed by atoms with Gasteiger partial charge in [-0.15, -0.1) is 0 Å². The predicted molar refractivity (Wildman–Crippen MR) is 82.6 cm³/mol. The van der Waals surface area contributed by atoms with Crippen LogP contribution in [-0.2, 0) is 0 Å². The number of fused-ring (bicyclic) bond motifs is 1. The highest BCUT2D eigenvalue weighted by molar-refractivity contribution is 9.10. The van der Waals surface area contributed by atoms with E-state index in [4.69, 9.17) is 4.98 Å². The van der Waals surface area contributed by atoms with Crippen LogP contribution in [0.5, 0.6) is 0 Å². The van der Waals surface area contributed by atoms with Gasteiger partial charge in [0.05, 0.1) is 5.52 Å². The van der Waals surface area contributed by atoms with Crippen LogP contribution in [0.1, 0.15) is 29.3 Å². The van der Waals surface area contributed by atoms with Crippen LogP contribution in [0, 0.1) is 27.7 Å². The molecule has 0 spiro atoms. The average molecular weight is 307 g/mol. The van der Waals surface area contributed by atoms with Gasteiger partial charge < -0.3 is 5.32 Å². The molecule has 0 aliphatic rings. The van der Waals surface area contributed by atoms with Crippen molar-refractivity contribution in [2.45, 2.75) is 34.6 Å². The minimum atomic E-state index is 0.921. The smallest absolute Gasteiger partial charge is 0.0732 e. The molecule has 0 aliphatic heterocycles. The molecule has 2 rings (SSSR count). The first-order valence-corrected chi connectivity index (χ1v) is 7.07. The normalized spacial score (nSPS) is 11.0. The van der Waals surface area contributed by atoms with Gasteiger partial charge >= 0.3 is 0 Å². The molecule has 0 saturated heterocycles. The summed E-state index contributed by atoms with van der Waals surface area (Å²) in [6, 6.07) is 2.15. The molecule has 0 amide bonds. The van der Waals surface area contributed by atoms with E-state index in [9.17, 15) is 0 Å². The molecular formula is C15H19BrN2. The van der Waals surface area contributed by atoms with Crippen LogP contribution >= 0.6 is 15.9 Å². The third-order valence-electron chi connectivity index (χ3n) is 3.47. The van der Waals surface area contributed by atoms with Crippen molar-refractivity contribution in [3.8, 4) is 0 Å². The largest absolute Gasteiger partial charge is 0.384 e. The Hall–Kier alpha value is -1.09. The maximum absolute atomic E-state index is 4.72. The summed E-state index contributed by atoms with van der Waals surface area (Å²) in [6.07, 6.45) is 0. The predicted octanol–water partition coefficient (Wildman–Crippen LogP) is 4.66. The van der Waals surface area contributed by atoms with Gasteiger partial charge in [0.1, 0.15) is 0 Å². The Morgan fingerprint density at radius 2 is 1.83 bits per heavy atom. The highest BCUT2D eigenvalue weighted by Crippen LogP contribution is 2.35. The fraction of sp³-hybridized carbons (Fsp3) is 0.400. The lowest BCUT2D eigenvalue weighted by Gasteiger charge is -2.17. The molecule has 1 aromatic carbocycles. The van der Waals surface area contributed by atoms with Crippen molar-refractivity contribution in [2.75, 3.05) is 11.9 Å². The Kier molecular flexibility index (Phi) is 3.62. The Labute approximate surface area is 117 Å². The van der Waals surface area contributed by atoms with Gasteiger partial charge in [-0.2, -0.15) is 0 Å². The summed E-state index contributed by atoms with van der Waals surface area (Å²) in [5, 5.41) is 4.72. The number of nitrogens with zero attached hydrogens (tertiary/aromatic N) is 1. The van der Waals surface area contributed by atoms with Gasteiger partial charge in [-0.1, -0.05) is 15.9 Å². The first-order chi connectivity index (χ1) is 8.47. The van der Waals surface area contributed by atoms with Crippen LogP contribution in [0.3, 0.4) is 0 Å². The molecule has 1 N–H and O–H groups in total. The first kappa shape index (κ1) is 13.3. The molecule has 0 fully saturated rings. The van der Waals surface area contributed by atoms with E-state index in [0.717, 1.165) is 17.8 Å². The van der Waals surface area contributed by atoms with E-state index >= 15 is 0 Å². The van der Waals surface area contributed by atoms with Gasteiger partial charge in [-0.05, 0) is 57.4 Å². The summed E-state index contributed by atoms with van der Waals surface area (Å²) < 4.78 is 1.18. The molecule has 18 heavy (non-hydrogen) atoms. The summed E-state index contributed by atoms with van der Waals surface area (Å²) in [7, 11) is 0. The second kappa shape index (κ2) is 4.88. The summed E-state index contributed by atoms with van der Waals surface area (Å²) in [6.45, 7) is 11.5. The number of aryl methyl sites for hydroxylation is 3. The zero-order valence-corrected chi connectivity index (χ0v) is 13.2. The molecule has 1 aromatic heterocycles. The van der Waals surface area contributed by atoms with Crippen LogP contribution in [0.15, 0.2) is 10.5 Å². The van der Waals surface area contributed by atoms with Crippen LogP contribution in [0.2, 0.25) is 0 Å². The number of benzene rings is 1. The molecule has 96 valence electrons. The van der Waals surface area contributed by atoms with Crippen molar-refractivity contribution < 1.29 is 0 Å². The van der Waals surface area contributed by atoms with E-state index in [1.165, 1.54) is 32.2 Å². The van der Waals surface area contributed by atoms with Crippen LogP contribution in [0.4, 0.5) is 5.69 Å². The van der Waals surface area contributed by atoms with Crippen LogP contribution < -0.4 is 5.32 Å². The number of halogens is 1. The molecule has 2 aromatic rings. The minimum Gasteiger partial charge on any atom is -0.384 e. The summed E-state index contributed by atoms with van der Waals surface area (Å²) in [4.78, 5) is 4.72. The first-order valence-electron chi connectivity index (χ1n) is 6.27. The summed E-state index contributed by atoms with van der Waals surface area (Å²) in [5.41, 5.74) is 7.13. The van der Waals surface area contributed by atoms with Gasteiger partial charge in [-0.3, -0.25) is 4.98 Å². The van der Waals surface area contributed by atoms with E-state index in [2.05, 4.69) is 61.9 Å². The zero-order valence-electron chi connectivity index (χ0n) is 11.6. The monoisotopic (exact) mass is 306 g/mol. The van der Waals surface area contributed by atoms with E-state index in [1.807, 2.05) is 0 Å². The fourth-order valence-electron chi connectivity index (χ4n) is 2.37. The lowest BCUT2D eigenvalue weighted by atomic mass is 10.0. The van der Waals surface area contributed by atoms with Gasteiger partial charge in [0, 0.05) is 27.8 Å². The number of hydrogen-bond acceptors (Lipinski definition) is 2. The van der Waals surface area contributed by atoms with Gasteiger partial charge in [0.25, 0.3) is 0 Å². The highest BCUT2D eigenvalue weighted by Gasteiger charge is 2.14. The molecule has 3 heteroatoms. The number of nitrogens with one attached hydrogen (secondary N) is 1. The van der Waals surface area contributed by atoms with Crippen molar-refractivity contribution in [1.82, 2.24) is 4.98 Å². The Bertz CT molecular complexity index is 613. The van der Waals surface area contributed by atoms with Crippen molar-refractivity contribution in [3.05, 3.63) is 32.9 Å². The molecule has 0 radical (unpaired) electrons. The Balaban J connectivity index is 2.94. The lowest BCUT2D eigenvalue weighted by molar-refractivity contribution is 1.15. The number of aromatic nitrogens is 1. The molecule has 0 aliphatic carbocycles. The van der Waals surface area contributed by atoms with Crippen LogP contribution in [-0.4, -0.2) is 11.5 Å². The lowest BCUT2D eigenvalue weighted by Crippen LogP contribution is -2.04. The quantitative estimate of drug-likeness (QED) is 0.872. The third-order valence-corrected chi connectivity index (χ3v) is 4.69. The van der Waals surface area contributed by atoms with Crippen molar-refractivity contribution in [3.63, 3.8) is 0 Å². The number of rotatable bonds is 2. The Morgan fingerprint density at radius 1 is 1.17 bits per heavy atom. The molecule has 0 bridgehead atoms. The molecule has 0 saturated carbocycles. The number of anilines is 1. The Morgan fingerprint density at radius 3 is 2.44 bits per heavy atom. The molecule has 1 heterocycles. The van der Waals surface area contributed by atoms with E-state index < -0.39 is 0 Å². The maximum Gasteiger partial charge on any atom is 0.0732 e. The molecule has 2 nitrogen and oxygen atoms in total. The summed E-state index contributed by atoms with van der Waals surface area (Å²) in [5.74, 6) is 0. The molecular weight excluding hydrogens is 288 g/mol. The SMILES string of the molecule is CCNc1c(C)c(C)nc2cc(C)c(Br)c(C)c12. The van der Waals surface area contributed by atoms with Gasteiger partial charge in [0.2, 0.25) is 0 Å². The summed E-state index contributed by atoms with van der Waals surface area (Å²) >= 11 is 3.67.